The van der Waals surface area contributed by atoms with E-state index in [-0.39, 0.29) is 21.7 Å². The van der Waals surface area contributed by atoms with E-state index in [1.807, 2.05) is 6.20 Å². The number of hydrogen-bond donors (Lipinski definition) is 0. The first-order valence-electron chi connectivity index (χ1n) is 21.9. The molecule has 310 valence electrons. The fourth-order valence-electron chi connectivity index (χ4n) is 10.1. The van der Waals surface area contributed by atoms with Crippen molar-refractivity contribution in [2.75, 3.05) is 4.90 Å². The van der Waals surface area contributed by atoms with Gasteiger partial charge in [0, 0.05) is 44.5 Å². The predicted octanol–water partition coefficient (Wildman–Crippen LogP) is 15.0. The second-order valence-electron chi connectivity index (χ2n) is 21.1. The molecule has 0 saturated carbocycles. The number of benzene rings is 5. The maximum atomic E-state index is 5.65. The number of anilines is 3. The Morgan fingerprint density at radius 3 is 1.87 bits per heavy atom. The lowest BCUT2D eigenvalue weighted by Gasteiger charge is -2.42. The summed E-state index contributed by atoms with van der Waals surface area (Å²) in [6, 6.07) is 40.8. The summed E-state index contributed by atoms with van der Waals surface area (Å²) in [5, 5.41) is 8.07. The zero-order valence-corrected chi connectivity index (χ0v) is 38.7. The minimum Gasteiger partial charge on any atom is -0.310 e. The van der Waals surface area contributed by atoms with Crippen molar-refractivity contribution in [2.24, 2.45) is 0 Å². The molecule has 5 aromatic carbocycles. The van der Waals surface area contributed by atoms with Crippen molar-refractivity contribution < 1.29 is 0 Å². The summed E-state index contributed by atoms with van der Waals surface area (Å²) in [5.74, 6) is 0.927. The van der Waals surface area contributed by atoms with Crippen LogP contribution in [-0.4, -0.2) is 19.3 Å². The Morgan fingerprint density at radius 1 is 0.541 bits per heavy atom. The molecule has 0 spiro atoms. The lowest BCUT2D eigenvalue weighted by molar-refractivity contribution is 0.537. The minimum atomic E-state index is -0.244. The minimum absolute atomic E-state index is 0.0129. The van der Waals surface area contributed by atoms with Crippen molar-refractivity contribution in [1.82, 2.24) is 19.3 Å². The number of hydrogen-bond acceptors (Lipinski definition) is 3. The normalized spacial score (nSPS) is 14.2. The largest absolute Gasteiger partial charge is 0.310 e. The molecule has 0 bridgehead atoms. The number of fused-ring (bicyclic) bond motifs is 5. The summed E-state index contributed by atoms with van der Waals surface area (Å²) in [6.45, 7) is 32.1. The van der Waals surface area contributed by atoms with Crippen molar-refractivity contribution in [1.29, 1.82) is 0 Å². The third kappa shape index (κ3) is 6.51. The number of pyridine rings is 1. The Labute approximate surface area is 363 Å². The molecule has 9 rings (SSSR count). The third-order valence-electron chi connectivity index (χ3n) is 12.9. The third-order valence-corrected chi connectivity index (χ3v) is 12.9. The van der Waals surface area contributed by atoms with E-state index < -0.39 is 0 Å². The van der Waals surface area contributed by atoms with Crippen molar-refractivity contribution in [3.8, 4) is 22.6 Å². The van der Waals surface area contributed by atoms with Crippen LogP contribution in [0.15, 0.2) is 115 Å². The molecule has 3 aromatic heterocycles. The SMILES string of the molecule is Cc1cc(C)c(-c2c(C(C)(C)C)nn(-c3ccc4c(c3)N(c3ccc5c6ccccc6n(-c6cc(C(C)(C)C)ccn6)c5c3)c3ccccc3C4(C)C)c2C(C)(C)C)c(C)c1. The molecular weight excluding hydrogens is 743 g/mol. The van der Waals surface area contributed by atoms with Crippen molar-refractivity contribution in [3.05, 3.63) is 160 Å². The Bertz CT molecular complexity index is 3020. The van der Waals surface area contributed by atoms with Gasteiger partial charge in [0.2, 0.25) is 0 Å². The first-order valence-corrected chi connectivity index (χ1v) is 21.9. The molecule has 61 heavy (non-hydrogen) atoms. The van der Waals surface area contributed by atoms with E-state index in [4.69, 9.17) is 10.1 Å². The van der Waals surface area contributed by atoms with E-state index in [0.29, 0.717) is 0 Å². The average molecular weight is 804 g/mol. The van der Waals surface area contributed by atoms with Gasteiger partial charge in [0.25, 0.3) is 0 Å². The lowest BCUT2D eigenvalue weighted by Crippen LogP contribution is -2.31. The zero-order chi connectivity index (χ0) is 43.6. The molecule has 0 unspecified atom stereocenters. The van der Waals surface area contributed by atoms with Gasteiger partial charge in [-0.15, -0.1) is 0 Å². The first kappa shape index (κ1) is 40.5. The highest BCUT2D eigenvalue weighted by Gasteiger charge is 2.39. The Balaban J connectivity index is 1.32. The van der Waals surface area contributed by atoms with E-state index >= 15 is 0 Å². The van der Waals surface area contributed by atoms with Crippen LogP contribution in [0, 0.1) is 20.8 Å². The first-order chi connectivity index (χ1) is 28.7. The van der Waals surface area contributed by atoms with Crippen LogP contribution in [0.5, 0.6) is 0 Å². The summed E-state index contributed by atoms with van der Waals surface area (Å²) in [6.07, 6.45) is 1.96. The summed E-state index contributed by atoms with van der Waals surface area (Å²) < 4.78 is 4.63. The van der Waals surface area contributed by atoms with Gasteiger partial charge in [-0.2, -0.15) is 5.10 Å². The Hall–Kier alpha value is -5.94. The molecule has 1 aliphatic heterocycles. The van der Waals surface area contributed by atoms with Crippen LogP contribution in [0.25, 0.3) is 44.4 Å². The van der Waals surface area contributed by atoms with E-state index in [2.05, 4.69) is 220 Å². The maximum Gasteiger partial charge on any atom is 0.137 e. The van der Waals surface area contributed by atoms with Crippen LogP contribution in [0.1, 0.15) is 121 Å². The van der Waals surface area contributed by atoms with E-state index in [1.165, 1.54) is 66.7 Å². The number of rotatable bonds is 4. The fraction of sp³-hybridized carbons (Fsp3) is 0.321. The van der Waals surface area contributed by atoms with Crippen LogP contribution >= 0.6 is 0 Å². The van der Waals surface area contributed by atoms with Gasteiger partial charge in [-0.3, -0.25) is 4.57 Å². The summed E-state index contributed by atoms with van der Waals surface area (Å²) >= 11 is 0. The molecule has 1 aliphatic rings. The van der Waals surface area contributed by atoms with Crippen molar-refractivity contribution >= 4 is 38.9 Å². The van der Waals surface area contributed by atoms with Gasteiger partial charge in [-0.25, -0.2) is 9.67 Å². The number of aryl methyl sites for hydroxylation is 3. The maximum absolute atomic E-state index is 5.65. The summed E-state index contributed by atoms with van der Waals surface area (Å²) in [5.41, 5.74) is 18.7. The molecule has 0 atom stereocenters. The standard InChI is InChI=1S/C56H61N5/c1-34-29-35(2)49(36(3)30-34)50-51(54(7,8)9)58-61(52(50)55(10,11)12)39-24-26-43-47(33-39)59(45-22-18-16-20-42(45)56(43,13)14)38-23-25-41-40-19-15-17-21-44(40)60(46(41)32-38)48-31-37(27-28-57-48)53(4,5)6/h15-33H,1-14H3. The summed E-state index contributed by atoms with van der Waals surface area (Å²) in [4.78, 5) is 7.49. The van der Waals surface area contributed by atoms with Gasteiger partial charge >= 0.3 is 0 Å². The molecule has 0 aliphatic carbocycles. The zero-order valence-electron chi connectivity index (χ0n) is 38.7. The molecule has 5 heteroatoms. The summed E-state index contributed by atoms with van der Waals surface area (Å²) in [7, 11) is 0. The molecule has 0 radical (unpaired) electrons. The van der Waals surface area contributed by atoms with E-state index in [9.17, 15) is 0 Å². The second-order valence-corrected chi connectivity index (χ2v) is 21.1. The van der Waals surface area contributed by atoms with Crippen LogP contribution < -0.4 is 4.90 Å². The number of nitrogens with zero attached hydrogens (tertiary/aromatic N) is 5. The smallest absolute Gasteiger partial charge is 0.137 e. The Kier molecular flexibility index (Phi) is 9.15. The quantitative estimate of drug-likeness (QED) is 0.178. The van der Waals surface area contributed by atoms with Gasteiger partial charge in [-0.1, -0.05) is 142 Å². The highest BCUT2D eigenvalue weighted by atomic mass is 15.3. The van der Waals surface area contributed by atoms with Gasteiger partial charge in [0.05, 0.1) is 39.5 Å². The average Bonchev–Trinajstić information content (AvgIpc) is 3.75. The predicted molar refractivity (Wildman–Crippen MR) is 258 cm³/mol. The van der Waals surface area contributed by atoms with Crippen molar-refractivity contribution in [3.63, 3.8) is 0 Å². The molecule has 8 aromatic rings. The molecule has 0 saturated heterocycles. The molecule has 4 heterocycles. The van der Waals surface area contributed by atoms with Gasteiger partial charge in [0.15, 0.2) is 0 Å². The van der Waals surface area contributed by atoms with Crippen LogP contribution in [-0.2, 0) is 21.7 Å². The molecule has 0 amide bonds. The van der Waals surface area contributed by atoms with Crippen LogP contribution in [0.4, 0.5) is 17.1 Å². The van der Waals surface area contributed by atoms with Gasteiger partial charge < -0.3 is 4.90 Å². The van der Waals surface area contributed by atoms with E-state index in [0.717, 1.165) is 39.6 Å². The number of para-hydroxylation sites is 2. The molecular formula is C56H61N5. The molecule has 0 fully saturated rings. The highest BCUT2D eigenvalue weighted by molar-refractivity contribution is 6.10. The number of aromatic nitrogens is 4. The van der Waals surface area contributed by atoms with Crippen molar-refractivity contribution in [2.45, 2.75) is 119 Å². The van der Waals surface area contributed by atoms with Crippen LogP contribution in [0.2, 0.25) is 0 Å². The van der Waals surface area contributed by atoms with E-state index in [1.54, 1.807) is 0 Å². The van der Waals surface area contributed by atoms with Gasteiger partial charge in [0.1, 0.15) is 5.82 Å². The Morgan fingerprint density at radius 2 is 1.18 bits per heavy atom. The second kappa shape index (κ2) is 13.8. The monoisotopic (exact) mass is 803 g/mol. The van der Waals surface area contributed by atoms with Crippen LogP contribution in [0.3, 0.4) is 0 Å². The highest BCUT2D eigenvalue weighted by Crippen LogP contribution is 2.53. The fourth-order valence-corrected chi connectivity index (χ4v) is 10.1. The topological polar surface area (TPSA) is 38.9 Å². The molecule has 0 N–H and O–H groups in total. The molecule has 5 nitrogen and oxygen atoms in total. The van der Waals surface area contributed by atoms with Gasteiger partial charge in [-0.05, 0) is 108 Å². The lowest BCUT2D eigenvalue weighted by atomic mass is 9.73.